The minimum atomic E-state index is -0.463. The van der Waals surface area contributed by atoms with Gasteiger partial charge in [0.15, 0.2) is 0 Å². The molecule has 0 spiro atoms. The van der Waals surface area contributed by atoms with E-state index in [1.165, 1.54) is 0 Å². The van der Waals surface area contributed by atoms with Gasteiger partial charge in [0.1, 0.15) is 5.82 Å². The largest absolute Gasteiger partial charge is 0.320 e. The Morgan fingerprint density at radius 1 is 1.59 bits per heavy atom. The molecule has 0 aliphatic carbocycles. The van der Waals surface area contributed by atoms with E-state index in [0.717, 1.165) is 5.69 Å². The van der Waals surface area contributed by atoms with E-state index >= 15 is 0 Å². The minimum absolute atomic E-state index is 0. The highest BCUT2D eigenvalue weighted by Crippen LogP contribution is 2.10. The van der Waals surface area contributed by atoms with Gasteiger partial charge in [-0.3, -0.25) is 9.48 Å². The van der Waals surface area contributed by atoms with Crippen LogP contribution in [0.1, 0.15) is 26.0 Å². The summed E-state index contributed by atoms with van der Waals surface area (Å²) >= 11 is 0. The zero-order valence-electron chi connectivity index (χ0n) is 10.7. The number of anilines is 1. The molecule has 0 unspecified atom stereocenters. The number of hydrogen-bond acceptors (Lipinski definition) is 3. The number of halogens is 1. The lowest BCUT2D eigenvalue weighted by molar-refractivity contribution is -0.117. The summed E-state index contributed by atoms with van der Waals surface area (Å²) in [5.74, 6) is 0.937. The van der Waals surface area contributed by atoms with Crippen molar-refractivity contribution in [3.05, 3.63) is 11.8 Å². The number of carbonyl (C=O) groups is 1. The molecule has 0 bridgehead atoms. The highest BCUT2D eigenvalue weighted by Gasteiger charge is 2.16. The van der Waals surface area contributed by atoms with Crippen LogP contribution in [0.5, 0.6) is 0 Å². The van der Waals surface area contributed by atoms with Crippen LogP contribution in [-0.4, -0.2) is 21.7 Å². The molecule has 3 N–H and O–H groups in total. The van der Waals surface area contributed by atoms with Gasteiger partial charge in [0.25, 0.3) is 0 Å². The molecular formula is C11H21ClN4O. The monoisotopic (exact) mass is 260 g/mol. The Morgan fingerprint density at radius 3 is 2.59 bits per heavy atom. The second kappa shape index (κ2) is 6.61. The van der Waals surface area contributed by atoms with Crippen LogP contribution in [0.2, 0.25) is 0 Å². The van der Waals surface area contributed by atoms with Crippen molar-refractivity contribution in [1.29, 1.82) is 0 Å². The Kier molecular flexibility index (Phi) is 6.20. The van der Waals surface area contributed by atoms with Crippen LogP contribution in [-0.2, 0) is 11.8 Å². The van der Waals surface area contributed by atoms with Crippen molar-refractivity contribution in [1.82, 2.24) is 9.78 Å². The zero-order valence-corrected chi connectivity index (χ0v) is 11.5. The number of amides is 1. The number of aryl methyl sites for hydroxylation is 2. The van der Waals surface area contributed by atoms with Gasteiger partial charge in [-0.25, -0.2) is 0 Å². The summed E-state index contributed by atoms with van der Waals surface area (Å²) in [7, 11) is 1.79. The van der Waals surface area contributed by atoms with Crippen LogP contribution in [0.25, 0.3) is 0 Å². The predicted octanol–water partition coefficient (Wildman–Crippen LogP) is 1.46. The van der Waals surface area contributed by atoms with Gasteiger partial charge in [0.2, 0.25) is 5.91 Å². The molecule has 0 radical (unpaired) electrons. The van der Waals surface area contributed by atoms with Crippen LogP contribution in [0, 0.1) is 12.8 Å². The fraction of sp³-hybridized carbons (Fsp3) is 0.636. The van der Waals surface area contributed by atoms with E-state index in [1.807, 2.05) is 26.8 Å². The van der Waals surface area contributed by atoms with Gasteiger partial charge in [-0.2, -0.15) is 5.10 Å². The van der Waals surface area contributed by atoms with E-state index < -0.39 is 6.04 Å². The van der Waals surface area contributed by atoms with Crippen molar-refractivity contribution < 1.29 is 4.79 Å². The molecule has 0 saturated heterocycles. The number of nitrogens with zero attached hydrogens (tertiary/aromatic N) is 2. The standard InChI is InChI=1S/C11H20N4O.ClH/c1-7(2)5-9(12)11(16)13-10-6-8(3)14-15(10)4;/h6-7,9H,5,12H2,1-4H3,(H,13,16);1H/t9-;/m0./s1. The van der Waals surface area contributed by atoms with Crippen LogP contribution in [0.15, 0.2) is 6.07 Å². The van der Waals surface area contributed by atoms with Gasteiger partial charge in [-0.1, -0.05) is 13.8 Å². The van der Waals surface area contributed by atoms with Crippen LogP contribution in [0.3, 0.4) is 0 Å². The quantitative estimate of drug-likeness (QED) is 0.861. The Bertz CT molecular complexity index is 376. The van der Waals surface area contributed by atoms with Crippen molar-refractivity contribution in [2.75, 3.05) is 5.32 Å². The molecule has 1 amide bonds. The predicted molar refractivity (Wildman–Crippen MR) is 71.3 cm³/mol. The van der Waals surface area contributed by atoms with Gasteiger partial charge < -0.3 is 11.1 Å². The molecule has 0 fully saturated rings. The Morgan fingerprint density at radius 2 is 2.18 bits per heavy atom. The zero-order chi connectivity index (χ0) is 12.3. The molecule has 0 aromatic carbocycles. The number of nitrogens with two attached hydrogens (primary N) is 1. The van der Waals surface area contributed by atoms with E-state index in [0.29, 0.717) is 18.2 Å². The molecule has 1 heterocycles. The maximum atomic E-state index is 11.7. The lowest BCUT2D eigenvalue weighted by Gasteiger charge is -2.13. The number of hydrogen-bond donors (Lipinski definition) is 2. The number of carbonyl (C=O) groups excluding carboxylic acids is 1. The molecule has 5 nitrogen and oxygen atoms in total. The summed E-state index contributed by atoms with van der Waals surface area (Å²) in [6, 6.07) is 1.36. The first-order valence-electron chi connectivity index (χ1n) is 5.47. The average molecular weight is 261 g/mol. The van der Waals surface area contributed by atoms with Crippen LogP contribution < -0.4 is 11.1 Å². The first kappa shape index (κ1) is 15.9. The molecule has 0 aliphatic heterocycles. The number of nitrogens with one attached hydrogen (secondary N) is 1. The highest BCUT2D eigenvalue weighted by molar-refractivity contribution is 5.93. The minimum Gasteiger partial charge on any atom is -0.320 e. The van der Waals surface area contributed by atoms with Crippen molar-refractivity contribution in [3.8, 4) is 0 Å². The summed E-state index contributed by atoms with van der Waals surface area (Å²) in [4.78, 5) is 11.7. The topological polar surface area (TPSA) is 72.9 Å². The first-order chi connectivity index (χ1) is 7.40. The Hall–Kier alpha value is -1.07. The normalized spacial score (nSPS) is 12.1. The van der Waals surface area contributed by atoms with Gasteiger partial charge in [0.05, 0.1) is 11.7 Å². The number of aromatic nitrogens is 2. The van der Waals surface area contributed by atoms with Crippen molar-refractivity contribution in [3.63, 3.8) is 0 Å². The van der Waals surface area contributed by atoms with Gasteiger partial charge in [-0.05, 0) is 19.3 Å². The third-order valence-electron chi connectivity index (χ3n) is 2.32. The molecule has 98 valence electrons. The van der Waals surface area contributed by atoms with E-state index in [-0.39, 0.29) is 18.3 Å². The second-order valence-electron chi connectivity index (χ2n) is 4.52. The second-order valence-corrected chi connectivity index (χ2v) is 4.52. The SMILES string of the molecule is Cc1cc(NC(=O)[C@@H](N)CC(C)C)n(C)n1.Cl. The molecule has 0 aliphatic rings. The lowest BCUT2D eigenvalue weighted by atomic mass is 10.0. The summed E-state index contributed by atoms with van der Waals surface area (Å²) in [6.45, 7) is 5.96. The first-order valence-corrected chi connectivity index (χ1v) is 5.47. The molecule has 1 atom stereocenters. The van der Waals surface area contributed by atoms with Crippen molar-refractivity contribution in [2.45, 2.75) is 33.2 Å². The third-order valence-corrected chi connectivity index (χ3v) is 2.32. The van der Waals surface area contributed by atoms with Crippen LogP contribution in [0.4, 0.5) is 5.82 Å². The Balaban J connectivity index is 0.00000256. The molecule has 1 aromatic heterocycles. The van der Waals surface area contributed by atoms with Crippen LogP contribution >= 0.6 is 12.4 Å². The summed E-state index contributed by atoms with van der Waals surface area (Å²) in [6.07, 6.45) is 0.683. The van der Waals surface area contributed by atoms with E-state index in [2.05, 4.69) is 10.4 Å². The Labute approximate surface area is 108 Å². The molecule has 6 heteroatoms. The van der Waals surface area contributed by atoms with E-state index in [4.69, 9.17) is 5.73 Å². The van der Waals surface area contributed by atoms with E-state index in [9.17, 15) is 4.79 Å². The molecule has 0 saturated carbocycles. The molecular weight excluding hydrogens is 240 g/mol. The summed E-state index contributed by atoms with van der Waals surface area (Å²) in [5.41, 5.74) is 6.65. The summed E-state index contributed by atoms with van der Waals surface area (Å²) in [5, 5.41) is 6.92. The fourth-order valence-corrected chi connectivity index (χ4v) is 1.56. The van der Waals surface area contributed by atoms with Gasteiger partial charge >= 0.3 is 0 Å². The van der Waals surface area contributed by atoms with Crippen molar-refractivity contribution >= 4 is 24.1 Å². The van der Waals surface area contributed by atoms with E-state index in [1.54, 1.807) is 11.7 Å². The third kappa shape index (κ3) is 4.75. The number of rotatable bonds is 4. The summed E-state index contributed by atoms with van der Waals surface area (Å²) < 4.78 is 1.63. The maximum absolute atomic E-state index is 11.7. The fourth-order valence-electron chi connectivity index (χ4n) is 1.56. The highest BCUT2D eigenvalue weighted by atomic mass is 35.5. The molecule has 17 heavy (non-hydrogen) atoms. The van der Waals surface area contributed by atoms with Gasteiger partial charge in [0, 0.05) is 13.1 Å². The van der Waals surface area contributed by atoms with Gasteiger partial charge in [-0.15, -0.1) is 12.4 Å². The smallest absolute Gasteiger partial charge is 0.242 e. The lowest BCUT2D eigenvalue weighted by Crippen LogP contribution is -2.37. The average Bonchev–Trinajstić information content (AvgIpc) is 2.43. The molecule has 1 aromatic rings. The molecule has 1 rings (SSSR count). The van der Waals surface area contributed by atoms with Crippen molar-refractivity contribution in [2.24, 2.45) is 18.7 Å². The maximum Gasteiger partial charge on any atom is 0.242 e.